The van der Waals surface area contributed by atoms with E-state index in [1.165, 1.54) is 5.56 Å². The number of benzene rings is 1. The van der Waals surface area contributed by atoms with Crippen molar-refractivity contribution in [2.24, 2.45) is 0 Å². The lowest BCUT2D eigenvalue weighted by Crippen LogP contribution is -2.36. The van der Waals surface area contributed by atoms with Crippen molar-refractivity contribution in [3.05, 3.63) is 29.8 Å². The maximum absolute atomic E-state index is 5.82. The van der Waals surface area contributed by atoms with Crippen LogP contribution < -0.4 is 10.1 Å². The average molecular weight is 263 g/mol. The lowest BCUT2D eigenvalue weighted by molar-refractivity contribution is 0.297. The zero-order valence-corrected chi connectivity index (χ0v) is 13.3. The third-order valence-corrected chi connectivity index (χ3v) is 2.95. The molecule has 0 unspecified atom stereocenters. The van der Waals surface area contributed by atoms with E-state index in [9.17, 15) is 0 Å². The van der Waals surface area contributed by atoms with Crippen molar-refractivity contribution >= 4 is 0 Å². The molecular formula is C17H29NO. The molecule has 0 heterocycles. The highest BCUT2D eigenvalue weighted by atomic mass is 16.5. The predicted molar refractivity (Wildman–Crippen MR) is 83.0 cm³/mol. The topological polar surface area (TPSA) is 21.3 Å². The fraction of sp³-hybridized carbons (Fsp3) is 0.647. The van der Waals surface area contributed by atoms with Crippen molar-refractivity contribution in [2.75, 3.05) is 13.2 Å². The first-order chi connectivity index (χ1) is 8.68. The molecule has 0 aromatic heterocycles. The van der Waals surface area contributed by atoms with E-state index in [0.717, 1.165) is 25.3 Å². The van der Waals surface area contributed by atoms with E-state index in [4.69, 9.17) is 4.74 Å². The van der Waals surface area contributed by atoms with Crippen molar-refractivity contribution in [3.63, 3.8) is 0 Å². The fourth-order valence-corrected chi connectivity index (χ4v) is 1.78. The van der Waals surface area contributed by atoms with Crippen LogP contribution in [0, 0.1) is 0 Å². The summed E-state index contributed by atoms with van der Waals surface area (Å²) < 4.78 is 5.82. The van der Waals surface area contributed by atoms with Crippen molar-refractivity contribution in [1.82, 2.24) is 5.32 Å². The molecule has 0 saturated heterocycles. The van der Waals surface area contributed by atoms with Crippen molar-refractivity contribution in [2.45, 2.75) is 58.9 Å². The number of hydrogen-bond acceptors (Lipinski definition) is 2. The van der Waals surface area contributed by atoms with Gasteiger partial charge in [0.25, 0.3) is 0 Å². The molecule has 0 radical (unpaired) electrons. The second kappa shape index (κ2) is 6.42. The molecule has 1 aromatic carbocycles. The lowest BCUT2D eigenvalue weighted by Gasteiger charge is -2.21. The Labute approximate surface area is 118 Å². The summed E-state index contributed by atoms with van der Waals surface area (Å²) in [5, 5.41) is 3.46. The molecule has 0 atom stereocenters. The minimum absolute atomic E-state index is 0.174. The molecule has 0 aliphatic heterocycles. The molecule has 0 aliphatic rings. The van der Waals surface area contributed by atoms with Gasteiger partial charge in [-0.25, -0.2) is 0 Å². The van der Waals surface area contributed by atoms with Gasteiger partial charge in [-0.3, -0.25) is 0 Å². The first kappa shape index (κ1) is 16.0. The molecule has 2 nitrogen and oxygen atoms in total. The van der Waals surface area contributed by atoms with Crippen LogP contribution in [-0.4, -0.2) is 18.7 Å². The van der Waals surface area contributed by atoms with Gasteiger partial charge in [0.15, 0.2) is 0 Å². The molecule has 1 N–H and O–H groups in total. The molecule has 0 aliphatic carbocycles. The van der Waals surface area contributed by atoms with Crippen LogP contribution in [0.15, 0.2) is 24.3 Å². The summed E-state index contributed by atoms with van der Waals surface area (Å²) in [6, 6.07) is 8.42. The van der Waals surface area contributed by atoms with Gasteiger partial charge < -0.3 is 10.1 Å². The molecule has 1 rings (SSSR count). The molecule has 0 amide bonds. The maximum Gasteiger partial charge on any atom is 0.119 e. The van der Waals surface area contributed by atoms with E-state index in [0.29, 0.717) is 0 Å². The third kappa shape index (κ3) is 6.63. The summed E-state index contributed by atoms with van der Waals surface area (Å²) in [6.45, 7) is 15.0. The summed E-state index contributed by atoms with van der Waals surface area (Å²) in [4.78, 5) is 0. The number of rotatable bonds is 5. The second-order valence-corrected chi connectivity index (χ2v) is 7.16. The van der Waals surface area contributed by atoms with Crippen LogP contribution in [0.3, 0.4) is 0 Å². The second-order valence-electron chi connectivity index (χ2n) is 7.16. The Bertz CT molecular complexity index is 385. The quantitative estimate of drug-likeness (QED) is 0.806. The van der Waals surface area contributed by atoms with Gasteiger partial charge in [0.05, 0.1) is 6.61 Å². The van der Waals surface area contributed by atoms with Crippen LogP contribution in [0.4, 0.5) is 0 Å². The molecule has 1 aromatic rings. The van der Waals surface area contributed by atoms with E-state index in [-0.39, 0.29) is 11.0 Å². The Hall–Kier alpha value is -1.02. The van der Waals surface area contributed by atoms with Crippen LogP contribution in [0.1, 0.15) is 53.5 Å². The van der Waals surface area contributed by atoms with Gasteiger partial charge in [-0.05, 0) is 56.8 Å². The zero-order valence-electron chi connectivity index (χ0n) is 13.3. The van der Waals surface area contributed by atoms with Gasteiger partial charge >= 0.3 is 0 Å². The monoisotopic (exact) mass is 263 g/mol. The average Bonchev–Trinajstić information content (AvgIpc) is 2.26. The first-order valence-electron chi connectivity index (χ1n) is 7.17. The predicted octanol–water partition coefficient (Wildman–Crippen LogP) is 4.14. The Morgan fingerprint density at radius 1 is 1.05 bits per heavy atom. The van der Waals surface area contributed by atoms with Crippen LogP contribution in [0.2, 0.25) is 0 Å². The van der Waals surface area contributed by atoms with E-state index in [1.54, 1.807) is 0 Å². The van der Waals surface area contributed by atoms with Crippen LogP contribution in [0.5, 0.6) is 5.75 Å². The lowest BCUT2D eigenvalue weighted by atomic mass is 9.87. The van der Waals surface area contributed by atoms with Gasteiger partial charge in [0.2, 0.25) is 0 Å². The SMILES string of the molecule is CC(C)(C)NCCCOc1cccc(C(C)(C)C)c1. The molecule has 108 valence electrons. The van der Waals surface area contributed by atoms with Crippen LogP contribution in [0.25, 0.3) is 0 Å². The molecule has 19 heavy (non-hydrogen) atoms. The molecule has 0 saturated carbocycles. The summed E-state index contributed by atoms with van der Waals surface area (Å²) >= 11 is 0. The fourth-order valence-electron chi connectivity index (χ4n) is 1.78. The van der Waals surface area contributed by atoms with Crippen LogP contribution in [-0.2, 0) is 5.41 Å². The van der Waals surface area contributed by atoms with Crippen molar-refractivity contribution < 1.29 is 4.74 Å². The van der Waals surface area contributed by atoms with Crippen molar-refractivity contribution in [1.29, 1.82) is 0 Å². The molecule has 2 heteroatoms. The summed E-state index contributed by atoms with van der Waals surface area (Å²) in [6.07, 6.45) is 1.02. The summed E-state index contributed by atoms with van der Waals surface area (Å²) in [5.41, 5.74) is 1.68. The highest BCUT2D eigenvalue weighted by molar-refractivity contribution is 5.32. The Morgan fingerprint density at radius 2 is 1.74 bits per heavy atom. The van der Waals surface area contributed by atoms with Gasteiger partial charge in [0.1, 0.15) is 5.75 Å². The summed E-state index contributed by atoms with van der Waals surface area (Å²) in [5.74, 6) is 0.975. The van der Waals surface area contributed by atoms with E-state index < -0.39 is 0 Å². The van der Waals surface area contributed by atoms with E-state index >= 15 is 0 Å². The standard InChI is InChI=1S/C17H29NO/c1-16(2,3)14-9-7-10-15(13-14)19-12-8-11-18-17(4,5)6/h7,9-10,13,18H,8,11-12H2,1-6H3. The number of nitrogens with one attached hydrogen (secondary N) is 1. The number of ether oxygens (including phenoxy) is 1. The normalized spacial score (nSPS) is 12.5. The van der Waals surface area contributed by atoms with Crippen LogP contribution >= 0.6 is 0 Å². The van der Waals surface area contributed by atoms with Gasteiger partial charge in [0, 0.05) is 5.54 Å². The van der Waals surface area contributed by atoms with Crippen molar-refractivity contribution in [3.8, 4) is 5.75 Å². The van der Waals surface area contributed by atoms with E-state index in [1.807, 2.05) is 6.07 Å². The maximum atomic E-state index is 5.82. The number of hydrogen-bond donors (Lipinski definition) is 1. The Morgan fingerprint density at radius 3 is 2.32 bits per heavy atom. The summed E-state index contributed by atoms with van der Waals surface area (Å²) in [7, 11) is 0. The molecular weight excluding hydrogens is 234 g/mol. The largest absolute Gasteiger partial charge is 0.494 e. The highest BCUT2D eigenvalue weighted by Crippen LogP contribution is 2.25. The molecule has 0 fully saturated rings. The highest BCUT2D eigenvalue weighted by Gasteiger charge is 2.13. The third-order valence-electron chi connectivity index (χ3n) is 2.95. The Kier molecular flexibility index (Phi) is 5.42. The first-order valence-corrected chi connectivity index (χ1v) is 7.17. The van der Waals surface area contributed by atoms with Gasteiger partial charge in [-0.15, -0.1) is 0 Å². The molecule has 0 spiro atoms. The molecule has 0 bridgehead atoms. The minimum Gasteiger partial charge on any atom is -0.494 e. The van der Waals surface area contributed by atoms with Gasteiger partial charge in [-0.1, -0.05) is 32.9 Å². The Balaban J connectivity index is 2.38. The zero-order chi connectivity index (χ0) is 14.5. The minimum atomic E-state index is 0.174. The smallest absolute Gasteiger partial charge is 0.119 e. The van der Waals surface area contributed by atoms with Gasteiger partial charge in [-0.2, -0.15) is 0 Å². The van der Waals surface area contributed by atoms with E-state index in [2.05, 4.69) is 65.1 Å².